The maximum Gasteiger partial charge on any atom is 0.191 e. The van der Waals surface area contributed by atoms with Crippen LogP contribution >= 0.6 is 11.8 Å². The van der Waals surface area contributed by atoms with Crippen LogP contribution in [0, 0.1) is 27.7 Å². The van der Waals surface area contributed by atoms with Gasteiger partial charge in [0.25, 0.3) is 0 Å². The third-order valence-electron chi connectivity index (χ3n) is 4.97. The van der Waals surface area contributed by atoms with Gasteiger partial charge < -0.3 is 9.30 Å². The van der Waals surface area contributed by atoms with Gasteiger partial charge in [0.2, 0.25) is 0 Å². The van der Waals surface area contributed by atoms with Crippen LogP contribution in [-0.4, -0.2) is 26.3 Å². The molecule has 1 heterocycles. The van der Waals surface area contributed by atoms with E-state index in [0.717, 1.165) is 40.0 Å². The second kappa shape index (κ2) is 9.27. The van der Waals surface area contributed by atoms with E-state index < -0.39 is 0 Å². The lowest BCUT2D eigenvalue weighted by molar-refractivity contribution is 0.102. The Morgan fingerprint density at radius 2 is 1.69 bits per heavy atom. The first-order chi connectivity index (χ1) is 13.9. The highest BCUT2D eigenvalue weighted by atomic mass is 32.2. The summed E-state index contributed by atoms with van der Waals surface area (Å²) in [5.41, 5.74) is 5.33. The molecule has 0 aliphatic heterocycles. The van der Waals surface area contributed by atoms with Crippen molar-refractivity contribution < 1.29 is 9.53 Å². The number of nitrogens with zero attached hydrogens (tertiary/aromatic N) is 3. The fraction of sp³-hybridized carbons (Fsp3) is 0.348. The van der Waals surface area contributed by atoms with Crippen LogP contribution in [0.2, 0.25) is 0 Å². The molecular formula is C23H27N3O2S. The monoisotopic (exact) mass is 409 g/mol. The molecule has 29 heavy (non-hydrogen) atoms. The molecule has 152 valence electrons. The van der Waals surface area contributed by atoms with E-state index in [1.165, 1.54) is 22.9 Å². The fourth-order valence-corrected chi connectivity index (χ4v) is 4.01. The van der Waals surface area contributed by atoms with Crippen LogP contribution in [-0.2, 0) is 13.2 Å². The Morgan fingerprint density at radius 3 is 2.38 bits per heavy atom. The molecule has 0 N–H and O–H groups in total. The van der Waals surface area contributed by atoms with Gasteiger partial charge in [-0.2, -0.15) is 0 Å². The summed E-state index contributed by atoms with van der Waals surface area (Å²) in [7, 11) is 0. The highest BCUT2D eigenvalue weighted by Gasteiger charge is 2.16. The van der Waals surface area contributed by atoms with Gasteiger partial charge in [-0.25, -0.2) is 0 Å². The van der Waals surface area contributed by atoms with E-state index in [1.54, 1.807) is 0 Å². The number of aryl methyl sites for hydroxylation is 4. The van der Waals surface area contributed by atoms with Crippen molar-refractivity contribution in [2.45, 2.75) is 52.9 Å². The Morgan fingerprint density at radius 1 is 1.00 bits per heavy atom. The predicted octanol–water partition coefficient (Wildman–Crippen LogP) is 5.09. The smallest absolute Gasteiger partial charge is 0.191 e. The average Bonchev–Trinajstić information content (AvgIpc) is 3.10. The van der Waals surface area contributed by atoms with Gasteiger partial charge in [0.05, 0.1) is 5.75 Å². The van der Waals surface area contributed by atoms with Crippen molar-refractivity contribution in [1.82, 2.24) is 14.8 Å². The molecule has 0 saturated carbocycles. The Hall–Kier alpha value is -2.60. The second-order valence-electron chi connectivity index (χ2n) is 7.21. The zero-order valence-corrected chi connectivity index (χ0v) is 18.5. The summed E-state index contributed by atoms with van der Waals surface area (Å²) in [6.45, 7) is 11.2. The summed E-state index contributed by atoms with van der Waals surface area (Å²) in [4.78, 5) is 12.7. The molecule has 0 aliphatic rings. The maximum atomic E-state index is 12.7. The van der Waals surface area contributed by atoms with Crippen LogP contribution in [0.25, 0.3) is 0 Å². The van der Waals surface area contributed by atoms with Crippen molar-refractivity contribution in [3.8, 4) is 5.75 Å². The van der Waals surface area contributed by atoms with Gasteiger partial charge in [0.1, 0.15) is 12.4 Å². The molecule has 0 unspecified atom stereocenters. The first kappa shape index (κ1) is 21.1. The lowest BCUT2D eigenvalue weighted by Gasteiger charge is -2.10. The van der Waals surface area contributed by atoms with Crippen molar-refractivity contribution in [3.05, 3.63) is 70.0 Å². The molecule has 0 atom stereocenters. The number of benzene rings is 2. The molecular weight excluding hydrogens is 382 g/mol. The standard InChI is InChI=1S/C23H27N3O2S/c1-6-26-22(13-28-19-9-7-15(2)8-10-19)24-25-23(26)29-14-21(27)20-12-17(4)16(3)11-18(20)5/h7-12H,6,13-14H2,1-5H3. The number of hydrogen-bond donors (Lipinski definition) is 0. The van der Waals surface area contributed by atoms with Gasteiger partial charge in [-0.05, 0) is 69.5 Å². The molecule has 3 rings (SSSR count). The number of carbonyl (C=O) groups excluding carboxylic acids is 1. The minimum Gasteiger partial charge on any atom is -0.486 e. The average molecular weight is 410 g/mol. The van der Waals surface area contributed by atoms with Crippen LogP contribution in [0.1, 0.15) is 45.4 Å². The fourth-order valence-electron chi connectivity index (χ4n) is 3.10. The van der Waals surface area contributed by atoms with E-state index in [0.29, 0.717) is 12.4 Å². The molecule has 0 radical (unpaired) electrons. The number of hydrogen-bond acceptors (Lipinski definition) is 5. The summed E-state index contributed by atoms with van der Waals surface area (Å²) in [6, 6.07) is 12.0. The largest absolute Gasteiger partial charge is 0.486 e. The third-order valence-corrected chi connectivity index (χ3v) is 5.94. The zero-order chi connectivity index (χ0) is 21.0. The van der Waals surface area contributed by atoms with Crippen molar-refractivity contribution >= 4 is 17.5 Å². The Balaban J connectivity index is 1.66. The summed E-state index contributed by atoms with van der Waals surface area (Å²) in [5, 5.41) is 9.29. The van der Waals surface area contributed by atoms with E-state index in [4.69, 9.17) is 4.74 Å². The lowest BCUT2D eigenvalue weighted by atomic mass is 9.99. The number of thioether (sulfide) groups is 1. The van der Waals surface area contributed by atoms with E-state index in [-0.39, 0.29) is 5.78 Å². The number of aromatic nitrogens is 3. The molecule has 2 aromatic carbocycles. The first-order valence-electron chi connectivity index (χ1n) is 9.74. The SMILES string of the molecule is CCn1c(COc2ccc(C)cc2)nnc1SCC(=O)c1cc(C)c(C)cc1C. The summed E-state index contributed by atoms with van der Waals surface area (Å²) in [5.74, 6) is 2.00. The van der Waals surface area contributed by atoms with Gasteiger partial charge in [-0.1, -0.05) is 35.5 Å². The third kappa shape index (κ3) is 5.07. The highest BCUT2D eigenvalue weighted by Crippen LogP contribution is 2.22. The van der Waals surface area contributed by atoms with Crippen molar-refractivity contribution in [1.29, 1.82) is 0 Å². The zero-order valence-electron chi connectivity index (χ0n) is 17.7. The van der Waals surface area contributed by atoms with Crippen LogP contribution in [0.3, 0.4) is 0 Å². The summed E-state index contributed by atoms with van der Waals surface area (Å²) >= 11 is 1.42. The number of rotatable bonds is 8. The van der Waals surface area contributed by atoms with Gasteiger partial charge in [0.15, 0.2) is 16.8 Å². The highest BCUT2D eigenvalue weighted by molar-refractivity contribution is 7.99. The molecule has 0 amide bonds. The summed E-state index contributed by atoms with van der Waals surface area (Å²) < 4.78 is 7.84. The van der Waals surface area contributed by atoms with Gasteiger partial charge in [0, 0.05) is 12.1 Å². The quantitative estimate of drug-likeness (QED) is 0.383. The van der Waals surface area contributed by atoms with Crippen LogP contribution in [0.5, 0.6) is 5.75 Å². The molecule has 1 aromatic heterocycles. The molecule has 5 nitrogen and oxygen atoms in total. The van der Waals surface area contributed by atoms with E-state index in [2.05, 4.69) is 23.2 Å². The molecule has 0 bridgehead atoms. The number of ketones is 1. The minimum absolute atomic E-state index is 0.110. The van der Waals surface area contributed by atoms with E-state index in [9.17, 15) is 4.79 Å². The summed E-state index contributed by atoms with van der Waals surface area (Å²) in [6.07, 6.45) is 0. The van der Waals surface area contributed by atoms with Crippen LogP contribution < -0.4 is 4.74 Å². The minimum atomic E-state index is 0.110. The van der Waals surface area contributed by atoms with Gasteiger partial charge in [-0.3, -0.25) is 4.79 Å². The van der Waals surface area contributed by atoms with Crippen molar-refractivity contribution in [2.24, 2.45) is 0 Å². The number of Topliss-reactive ketones (excluding diaryl/α,β-unsaturated/α-hetero) is 1. The van der Waals surface area contributed by atoms with Crippen LogP contribution in [0.15, 0.2) is 41.6 Å². The van der Waals surface area contributed by atoms with Crippen molar-refractivity contribution in [2.75, 3.05) is 5.75 Å². The maximum absolute atomic E-state index is 12.7. The molecule has 3 aromatic rings. The predicted molar refractivity (Wildman–Crippen MR) is 117 cm³/mol. The molecule has 6 heteroatoms. The normalized spacial score (nSPS) is 10.9. The second-order valence-corrected chi connectivity index (χ2v) is 8.15. The molecule has 0 saturated heterocycles. The molecule has 0 spiro atoms. The first-order valence-corrected chi connectivity index (χ1v) is 10.7. The van der Waals surface area contributed by atoms with E-state index in [1.807, 2.05) is 62.6 Å². The van der Waals surface area contributed by atoms with Crippen molar-refractivity contribution in [3.63, 3.8) is 0 Å². The Kier molecular flexibility index (Phi) is 6.75. The van der Waals surface area contributed by atoms with Gasteiger partial charge >= 0.3 is 0 Å². The number of carbonyl (C=O) groups is 1. The molecule has 0 aliphatic carbocycles. The Bertz CT molecular complexity index is 1010. The van der Waals surface area contributed by atoms with Crippen LogP contribution in [0.4, 0.5) is 0 Å². The molecule has 0 fully saturated rings. The Labute approximate surface area is 176 Å². The van der Waals surface area contributed by atoms with Gasteiger partial charge in [-0.15, -0.1) is 10.2 Å². The number of ether oxygens (including phenoxy) is 1. The lowest BCUT2D eigenvalue weighted by Crippen LogP contribution is -2.09. The topological polar surface area (TPSA) is 57.0 Å². The van der Waals surface area contributed by atoms with E-state index >= 15 is 0 Å².